The third-order valence-corrected chi connectivity index (χ3v) is 4.08. The number of ether oxygens (including phenoxy) is 1. The minimum absolute atomic E-state index is 0.102. The molecule has 0 aliphatic carbocycles. The Labute approximate surface area is 108 Å². The number of piperidine rings is 1. The van der Waals surface area contributed by atoms with Gasteiger partial charge in [-0.1, -0.05) is 36.4 Å². The van der Waals surface area contributed by atoms with Crippen LogP contribution in [0.25, 0.3) is 10.8 Å². The summed E-state index contributed by atoms with van der Waals surface area (Å²) in [4.78, 5) is 0. The maximum absolute atomic E-state index is 5.87. The second kappa shape index (κ2) is 4.71. The molecule has 1 aliphatic heterocycles. The molecule has 0 aromatic heterocycles. The number of nitrogens with one attached hydrogen (secondary N) is 1. The van der Waals surface area contributed by atoms with E-state index in [-0.39, 0.29) is 5.60 Å². The molecule has 2 aromatic carbocycles. The van der Waals surface area contributed by atoms with Gasteiger partial charge in [0.2, 0.25) is 0 Å². The summed E-state index contributed by atoms with van der Waals surface area (Å²) >= 11 is 0. The molecule has 0 bridgehead atoms. The van der Waals surface area contributed by atoms with Crippen LogP contribution in [0.5, 0.6) is 0 Å². The molecule has 0 unspecified atom stereocenters. The molecule has 0 atom stereocenters. The first kappa shape index (κ1) is 11.7. The van der Waals surface area contributed by atoms with E-state index in [2.05, 4.69) is 47.8 Å². The molecule has 0 radical (unpaired) electrons. The smallest absolute Gasteiger partial charge is 0.0951 e. The normalized spacial score (nSPS) is 18.9. The van der Waals surface area contributed by atoms with Gasteiger partial charge in [-0.3, -0.25) is 0 Å². The van der Waals surface area contributed by atoms with Gasteiger partial charge in [0.15, 0.2) is 0 Å². The Balaban J connectivity index is 2.06. The summed E-state index contributed by atoms with van der Waals surface area (Å²) in [5, 5.41) is 5.99. The summed E-state index contributed by atoms with van der Waals surface area (Å²) in [7, 11) is 1.83. The molecule has 3 rings (SSSR count). The fraction of sp³-hybridized carbons (Fsp3) is 0.375. The third-order valence-electron chi connectivity index (χ3n) is 4.08. The summed E-state index contributed by atoms with van der Waals surface area (Å²) in [6.07, 6.45) is 2.09. The Morgan fingerprint density at radius 1 is 1.00 bits per heavy atom. The second-order valence-corrected chi connectivity index (χ2v) is 5.01. The van der Waals surface area contributed by atoms with Crippen molar-refractivity contribution in [1.82, 2.24) is 5.32 Å². The first-order chi connectivity index (χ1) is 8.84. The number of fused-ring (bicyclic) bond motifs is 1. The zero-order valence-corrected chi connectivity index (χ0v) is 10.8. The van der Waals surface area contributed by atoms with Crippen molar-refractivity contribution in [3.8, 4) is 0 Å². The van der Waals surface area contributed by atoms with Gasteiger partial charge in [-0.15, -0.1) is 0 Å². The molecule has 0 saturated carbocycles. The van der Waals surface area contributed by atoms with Crippen molar-refractivity contribution in [2.45, 2.75) is 18.4 Å². The first-order valence-corrected chi connectivity index (χ1v) is 6.59. The fourth-order valence-corrected chi connectivity index (χ4v) is 2.91. The van der Waals surface area contributed by atoms with Crippen molar-refractivity contribution in [2.24, 2.45) is 0 Å². The molecule has 1 N–H and O–H groups in total. The van der Waals surface area contributed by atoms with E-state index in [4.69, 9.17) is 4.74 Å². The van der Waals surface area contributed by atoms with Gasteiger partial charge in [0.05, 0.1) is 5.60 Å². The van der Waals surface area contributed by atoms with Gasteiger partial charge in [0.1, 0.15) is 0 Å². The van der Waals surface area contributed by atoms with Crippen LogP contribution in [-0.4, -0.2) is 20.2 Å². The summed E-state index contributed by atoms with van der Waals surface area (Å²) < 4.78 is 5.87. The molecule has 18 heavy (non-hydrogen) atoms. The predicted octanol–water partition coefficient (Wildman–Crippen LogP) is 3.06. The minimum Gasteiger partial charge on any atom is -0.373 e. The number of hydrogen-bond acceptors (Lipinski definition) is 2. The van der Waals surface area contributed by atoms with E-state index in [0.29, 0.717) is 0 Å². The van der Waals surface area contributed by atoms with Gasteiger partial charge >= 0.3 is 0 Å². The summed E-state index contributed by atoms with van der Waals surface area (Å²) in [6, 6.07) is 15.2. The van der Waals surface area contributed by atoms with Gasteiger partial charge in [0.25, 0.3) is 0 Å². The lowest BCUT2D eigenvalue weighted by molar-refractivity contribution is -0.0390. The van der Waals surface area contributed by atoms with Crippen molar-refractivity contribution in [3.05, 3.63) is 48.0 Å². The van der Waals surface area contributed by atoms with Gasteiger partial charge < -0.3 is 10.1 Å². The van der Waals surface area contributed by atoms with Crippen LogP contribution in [0.15, 0.2) is 42.5 Å². The van der Waals surface area contributed by atoms with E-state index >= 15 is 0 Å². The topological polar surface area (TPSA) is 21.3 Å². The van der Waals surface area contributed by atoms with Gasteiger partial charge in [-0.2, -0.15) is 0 Å². The quantitative estimate of drug-likeness (QED) is 0.872. The van der Waals surface area contributed by atoms with E-state index < -0.39 is 0 Å². The highest BCUT2D eigenvalue weighted by Gasteiger charge is 2.33. The molecule has 0 amide bonds. The van der Waals surface area contributed by atoms with E-state index in [1.165, 1.54) is 16.3 Å². The lowest BCUT2D eigenvalue weighted by Gasteiger charge is -2.37. The Bertz CT molecular complexity index is 544. The lowest BCUT2D eigenvalue weighted by atomic mass is 9.84. The molecule has 1 aliphatic rings. The maximum Gasteiger partial charge on any atom is 0.0951 e. The highest BCUT2D eigenvalue weighted by atomic mass is 16.5. The van der Waals surface area contributed by atoms with Crippen molar-refractivity contribution < 1.29 is 4.74 Å². The van der Waals surface area contributed by atoms with Gasteiger partial charge in [-0.25, -0.2) is 0 Å². The van der Waals surface area contributed by atoms with Crippen molar-refractivity contribution >= 4 is 10.8 Å². The average Bonchev–Trinajstić information content (AvgIpc) is 2.47. The number of benzene rings is 2. The molecule has 2 heteroatoms. The molecular weight excluding hydrogens is 222 g/mol. The van der Waals surface area contributed by atoms with Crippen molar-refractivity contribution in [1.29, 1.82) is 0 Å². The monoisotopic (exact) mass is 241 g/mol. The molecule has 1 fully saturated rings. The maximum atomic E-state index is 5.87. The highest BCUT2D eigenvalue weighted by molar-refractivity contribution is 5.83. The second-order valence-electron chi connectivity index (χ2n) is 5.01. The zero-order valence-electron chi connectivity index (χ0n) is 10.8. The minimum atomic E-state index is -0.102. The Kier molecular flexibility index (Phi) is 3.06. The Hall–Kier alpha value is -1.38. The zero-order chi connectivity index (χ0) is 12.4. The molecule has 2 nitrogen and oxygen atoms in total. The first-order valence-electron chi connectivity index (χ1n) is 6.59. The molecule has 1 heterocycles. The Morgan fingerprint density at radius 3 is 2.44 bits per heavy atom. The Morgan fingerprint density at radius 2 is 1.72 bits per heavy atom. The summed E-state index contributed by atoms with van der Waals surface area (Å²) in [5.41, 5.74) is 1.21. The van der Waals surface area contributed by atoms with Crippen molar-refractivity contribution in [2.75, 3.05) is 20.2 Å². The van der Waals surface area contributed by atoms with E-state index in [0.717, 1.165) is 25.9 Å². The summed E-state index contributed by atoms with van der Waals surface area (Å²) in [5.74, 6) is 0. The lowest BCUT2D eigenvalue weighted by Crippen LogP contribution is -2.41. The molecule has 94 valence electrons. The van der Waals surface area contributed by atoms with Crippen LogP contribution in [0, 0.1) is 0 Å². The van der Waals surface area contributed by atoms with Gasteiger partial charge in [0, 0.05) is 7.11 Å². The van der Waals surface area contributed by atoms with Crippen LogP contribution in [-0.2, 0) is 10.3 Å². The third kappa shape index (κ3) is 1.92. The predicted molar refractivity (Wildman–Crippen MR) is 74.7 cm³/mol. The highest BCUT2D eigenvalue weighted by Crippen LogP contribution is 2.35. The number of hydrogen-bond donors (Lipinski definition) is 1. The SMILES string of the molecule is COC1(c2ccc3ccccc3c2)CCNCC1. The van der Waals surface area contributed by atoms with Gasteiger partial charge in [-0.05, 0) is 48.3 Å². The van der Waals surface area contributed by atoms with Crippen LogP contribution >= 0.6 is 0 Å². The molecule has 1 saturated heterocycles. The largest absolute Gasteiger partial charge is 0.373 e. The van der Waals surface area contributed by atoms with Crippen LogP contribution in [0.2, 0.25) is 0 Å². The molecule has 2 aromatic rings. The van der Waals surface area contributed by atoms with E-state index in [1.807, 2.05) is 7.11 Å². The standard InChI is InChI=1S/C16H19NO/c1-18-16(8-10-17-11-9-16)15-7-6-13-4-2-3-5-14(13)12-15/h2-7,12,17H,8-11H2,1H3. The fourth-order valence-electron chi connectivity index (χ4n) is 2.91. The summed E-state index contributed by atoms with van der Waals surface area (Å²) in [6.45, 7) is 2.06. The van der Waals surface area contributed by atoms with Crippen LogP contribution < -0.4 is 5.32 Å². The van der Waals surface area contributed by atoms with Crippen LogP contribution in [0.3, 0.4) is 0 Å². The van der Waals surface area contributed by atoms with E-state index in [1.54, 1.807) is 0 Å². The van der Waals surface area contributed by atoms with Crippen LogP contribution in [0.4, 0.5) is 0 Å². The molecule has 0 spiro atoms. The van der Waals surface area contributed by atoms with E-state index in [9.17, 15) is 0 Å². The van der Waals surface area contributed by atoms with Crippen molar-refractivity contribution in [3.63, 3.8) is 0 Å². The molecular formula is C16H19NO. The van der Waals surface area contributed by atoms with Crippen LogP contribution in [0.1, 0.15) is 18.4 Å². The number of rotatable bonds is 2. The number of methoxy groups -OCH3 is 1. The average molecular weight is 241 g/mol.